The van der Waals surface area contributed by atoms with E-state index in [1.165, 1.54) is 0 Å². The minimum atomic E-state index is -3.00. The number of nitrogens with zero attached hydrogens (tertiary/aromatic N) is 4. The number of benzene rings is 1. The van der Waals surface area contributed by atoms with Gasteiger partial charge in [-0.1, -0.05) is 6.07 Å². The molecule has 4 rings (SSSR count). The van der Waals surface area contributed by atoms with Gasteiger partial charge in [-0.3, -0.25) is 0 Å². The minimum Gasteiger partial charge on any atom is -0.349 e. The molecule has 6 nitrogen and oxygen atoms in total. The van der Waals surface area contributed by atoms with Gasteiger partial charge in [-0.05, 0) is 55.6 Å². The van der Waals surface area contributed by atoms with Gasteiger partial charge in [0.2, 0.25) is 0 Å². The van der Waals surface area contributed by atoms with Crippen molar-refractivity contribution in [1.82, 2.24) is 14.3 Å². The van der Waals surface area contributed by atoms with Crippen molar-refractivity contribution in [3.63, 3.8) is 0 Å². The Hall–Kier alpha value is -1.74. The highest BCUT2D eigenvalue weighted by molar-refractivity contribution is 7.91. The lowest BCUT2D eigenvalue weighted by atomic mass is 9.99. The molecule has 0 bridgehead atoms. The summed E-state index contributed by atoms with van der Waals surface area (Å²) in [6.45, 7) is 3.00. The number of aryl methyl sites for hydroxylation is 2. The van der Waals surface area contributed by atoms with Crippen LogP contribution in [0, 0.1) is 17.5 Å². The van der Waals surface area contributed by atoms with Gasteiger partial charge < -0.3 is 9.47 Å². The van der Waals surface area contributed by atoms with Crippen LogP contribution in [0.5, 0.6) is 0 Å². The lowest BCUT2D eigenvalue weighted by Crippen LogP contribution is -2.33. The zero-order valence-electron chi connectivity index (χ0n) is 15.5. The van der Waals surface area contributed by atoms with E-state index in [0.29, 0.717) is 29.4 Å². The Morgan fingerprint density at radius 1 is 1.37 bits per heavy atom. The first-order valence-electron chi connectivity index (χ1n) is 9.13. The standard InChI is InChI=1S/C18H23FN4O2S2/c1-12-8-13-4-3-6-22(16(13)15(19)9-12)11-23-18(26)21(2)17(20-23)14-5-7-27(24,25)10-14/h8-9,14H,3-7,10-11H2,1-2H3/t14-/m1/s1. The second kappa shape index (κ2) is 6.70. The molecule has 2 aromatic rings. The van der Waals surface area contributed by atoms with E-state index in [1.807, 2.05) is 24.9 Å². The molecule has 0 aliphatic carbocycles. The number of hydrogen-bond donors (Lipinski definition) is 0. The first-order chi connectivity index (χ1) is 12.7. The Kier molecular flexibility index (Phi) is 4.62. The molecule has 0 saturated carbocycles. The van der Waals surface area contributed by atoms with Gasteiger partial charge in [-0.25, -0.2) is 17.5 Å². The summed E-state index contributed by atoms with van der Waals surface area (Å²) in [5.74, 6) is 0.668. The Morgan fingerprint density at radius 3 is 2.85 bits per heavy atom. The lowest BCUT2D eigenvalue weighted by Gasteiger charge is -2.31. The highest BCUT2D eigenvalue weighted by Crippen LogP contribution is 2.32. The first-order valence-corrected chi connectivity index (χ1v) is 11.4. The number of aromatic nitrogens is 3. The molecule has 1 atom stereocenters. The number of rotatable bonds is 3. The molecule has 146 valence electrons. The van der Waals surface area contributed by atoms with Crippen molar-refractivity contribution < 1.29 is 12.8 Å². The van der Waals surface area contributed by atoms with Crippen molar-refractivity contribution in [3.05, 3.63) is 39.7 Å². The molecular formula is C18H23FN4O2S2. The zero-order valence-corrected chi connectivity index (χ0v) is 17.1. The second-order valence-electron chi connectivity index (χ2n) is 7.56. The van der Waals surface area contributed by atoms with Crippen molar-refractivity contribution in [2.24, 2.45) is 7.05 Å². The van der Waals surface area contributed by atoms with Crippen LogP contribution in [0.1, 0.15) is 35.7 Å². The Morgan fingerprint density at radius 2 is 2.15 bits per heavy atom. The fraction of sp³-hybridized carbons (Fsp3) is 0.556. The summed E-state index contributed by atoms with van der Waals surface area (Å²) in [5.41, 5.74) is 2.57. The summed E-state index contributed by atoms with van der Waals surface area (Å²) in [6.07, 6.45) is 2.38. The summed E-state index contributed by atoms with van der Waals surface area (Å²) in [6, 6.07) is 3.60. The molecule has 3 heterocycles. The molecule has 0 N–H and O–H groups in total. The van der Waals surface area contributed by atoms with E-state index < -0.39 is 9.84 Å². The maximum absolute atomic E-state index is 14.6. The molecule has 0 unspecified atom stereocenters. The van der Waals surface area contributed by atoms with Crippen LogP contribution >= 0.6 is 12.2 Å². The van der Waals surface area contributed by atoms with Crippen molar-refractivity contribution in [3.8, 4) is 0 Å². The van der Waals surface area contributed by atoms with E-state index in [1.54, 1.807) is 15.3 Å². The highest BCUT2D eigenvalue weighted by atomic mass is 32.2. The predicted octanol–water partition coefficient (Wildman–Crippen LogP) is 2.71. The van der Waals surface area contributed by atoms with Gasteiger partial charge in [-0.2, -0.15) is 5.10 Å². The highest BCUT2D eigenvalue weighted by Gasteiger charge is 2.33. The average Bonchev–Trinajstić information content (AvgIpc) is 3.08. The summed E-state index contributed by atoms with van der Waals surface area (Å²) >= 11 is 5.52. The van der Waals surface area contributed by atoms with Gasteiger partial charge in [0.1, 0.15) is 18.3 Å². The maximum atomic E-state index is 14.6. The van der Waals surface area contributed by atoms with Crippen LogP contribution in [0.3, 0.4) is 0 Å². The topological polar surface area (TPSA) is 60.1 Å². The van der Waals surface area contributed by atoms with Crippen molar-refractivity contribution in [2.75, 3.05) is 23.0 Å². The summed E-state index contributed by atoms with van der Waals surface area (Å²) in [4.78, 5) is 1.98. The largest absolute Gasteiger partial charge is 0.349 e. The zero-order chi connectivity index (χ0) is 19.3. The van der Waals surface area contributed by atoms with Crippen LogP contribution in [0.2, 0.25) is 0 Å². The van der Waals surface area contributed by atoms with E-state index in [-0.39, 0.29) is 23.2 Å². The van der Waals surface area contributed by atoms with Crippen LogP contribution in [0.4, 0.5) is 10.1 Å². The van der Waals surface area contributed by atoms with Gasteiger partial charge in [0.25, 0.3) is 0 Å². The summed E-state index contributed by atoms with van der Waals surface area (Å²) < 4.78 is 42.3. The number of hydrogen-bond acceptors (Lipinski definition) is 5. The SMILES string of the molecule is Cc1cc(F)c2c(c1)CCCN2Cn1nc([C@@H]2CCS(=O)(=O)C2)n(C)c1=S. The molecule has 0 radical (unpaired) electrons. The molecular weight excluding hydrogens is 387 g/mol. The molecule has 1 saturated heterocycles. The fourth-order valence-electron chi connectivity index (χ4n) is 4.18. The molecule has 2 aliphatic rings. The Bertz CT molecular complexity index is 1060. The van der Waals surface area contributed by atoms with Crippen molar-refractivity contribution >= 4 is 27.7 Å². The molecule has 1 aromatic heterocycles. The Labute approximate surface area is 163 Å². The van der Waals surface area contributed by atoms with Crippen LogP contribution in [0.15, 0.2) is 12.1 Å². The molecule has 9 heteroatoms. The average molecular weight is 411 g/mol. The Balaban J connectivity index is 1.66. The van der Waals surface area contributed by atoms with Gasteiger partial charge in [0, 0.05) is 19.5 Å². The van der Waals surface area contributed by atoms with Crippen molar-refractivity contribution in [2.45, 2.75) is 38.8 Å². The summed E-state index contributed by atoms with van der Waals surface area (Å²) in [7, 11) is -1.18. The van der Waals surface area contributed by atoms with E-state index in [9.17, 15) is 12.8 Å². The molecule has 0 amide bonds. The summed E-state index contributed by atoms with van der Waals surface area (Å²) in [5, 5.41) is 4.62. The molecule has 0 spiro atoms. The van der Waals surface area contributed by atoms with Crippen LogP contribution in [-0.2, 0) is 30.0 Å². The number of fused-ring (bicyclic) bond motifs is 1. The van der Waals surface area contributed by atoms with Crippen LogP contribution in [-0.4, -0.2) is 40.8 Å². The third-order valence-electron chi connectivity index (χ3n) is 5.45. The third kappa shape index (κ3) is 3.42. The van der Waals surface area contributed by atoms with E-state index in [0.717, 1.165) is 30.5 Å². The minimum absolute atomic E-state index is 0.118. The molecule has 27 heavy (non-hydrogen) atoms. The first kappa shape index (κ1) is 18.6. The van der Waals surface area contributed by atoms with Crippen LogP contribution < -0.4 is 4.90 Å². The van der Waals surface area contributed by atoms with Gasteiger partial charge in [0.15, 0.2) is 14.6 Å². The predicted molar refractivity (Wildman–Crippen MR) is 105 cm³/mol. The molecule has 1 fully saturated rings. The number of sulfone groups is 1. The van der Waals surface area contributed by atoms with E-state index in [4.69, 9.17) is 12.2 Å². The molecule has 2 aliphatic heterocycles. The quantitative estimate of drug-likeness (QED) is 0.728. The second-order valence-corrected chi connectivity index (χ2v) is 10.2. The normalized spacial score (nSPS) is 21.4. The van der Waals surface area contributed by atoms with E-state index in [2.05, 4.69) is 5.10 Å². The smallest absolute Gasteiger partial charge is 0.199 e. The fourth-order valence-corrected chi connectivity index (χ4v) is 6.11. The number of halogens is 1. The van der Waals surface area contributed by atoms with Gasteiger partial charge in [0.05, 0.1) is 17.2 Å². The number of anilines is 1. The lowest BCUT2D eigenvalue weighted by molar-refractivity contribution is 0.520. The molecule has 1 aromatic carbocycles. The monoisotopic (exact) mass is 410 g/mol. The van der Waals surface area contributed by atoms with Gasteiger partial charge in [-0.15, -0.1) is 0 Å². The third-order valence-corrected chi connectivity index (χ3v) is 7.71. The van der Waals surface area contributed by atoms with Gasteiger partial charge >= 0.3 is 0 Å². The van der Waals surface area contributed by atoms with Crippen LogP contribution in [0.25, 0.3) is 0 Å². The van der Waals surface area contributed by atoms with E-state index >= 15 is 0 Å². The maximum Gasteiger partial charge on any atom is 0.199 e. The van der Waals surface area contributed by atoms with Crippen molar-refractivity contribution in [1.29, 1.82) is 0 Å².